The van der Waals surface area contributed by atoms with Crippen LogP contribution >= 0.6 is 0 Å². The average molecular weight is 299 g/mol. The molecule has 0 aromatic heterocycles. The summed E-state index contributed by atoms with van der Waals surface area (Å²) in [5.41, 5.74) is 2.42. The molecule has 0 aliphatic carbocycles. The van der Waals surface area contributed by atoms with Crippen molar-refractivity contribution in [3.05, 3.63) is 29.3 Å². The van der Waals surface area contributed by atoms with Gasteiger partial charge in [0.15, 0.2) is 0 Å². The molecule has 0 bridgehead atoms. The Morgan fingerprint density at radius 2 is 1.43 bits per heavy atom. The lowest BCUT2D eigenvalue weighted by molar-refractivity contribution is 0.0272. The highest BCUT2D eigenvalue weighted by atomic mass is 16.5. The maximum Gasteiger partial charge on any atom is 0.0701 e. The fraction of sp³-hybridized carbons (Fsp3) is 0.600. The lowest BCUT2D eigenvalue weighted by atomic mass is 10.1. The zero-order valence-corrected chi connectivity index (χ0v) is 12.5. The summed E-state index contributed by atoms with van der Waals surface area (Å²) in [6, 6.07) is 5.49. The molecular formula is C15H25NO5. The first-order valence-corrected chi connectivity index (χ1v) is 7.03. The van der Waals surface area contributed by atoms with Crippen LogP contribution in [-0.4, -0.2) is 56.9 Å². The molecule has 0 heterocycles. The van der Waals surface area contributed by atoms with Gasteiger partial charge in [-0.3, -0.25) is 0 Å². The van der Waals surface area contributed by atoms with Gasteiger partial charge in [0.2, 0.25) is 0 Å². The minimum atomic E-state index is -0.0438. The number of methoxy groups -OCH3 is 1. The number of nitrogens with one attached hydrogen (secondary N) is 1. The molecule has 1 aromatic rings. The van der Waals surface area contributed by atoms with Gasteiger partial charge in [0, 0.05) is 19.3 Å². The SMILES string of the molecule is COCCOCCOCCNc1cc(CO)cc(CO)c1. The second kappa shape index (κ2) is 11.5. The van der Waals surface area contributed by atoms with Crippen molar-refractivity contribution in [2.75, 3.05) is 52.0 Å². The van der Waals surface area contributed by atoms with Crippen molar-refractivity contribution < 1.29 is 24.4 Å². The van der Waals surface area contributed by atoms with E-state index >= 15 is 0 Å². The Bertz CT molecular complexity index is 364. The summed E-state index contributed by atoms with van der Waals surface area (Å²) in [4.78, 5) is 0. The Labute approximate surface area is 125 Å². The number of benzene rings is 1. The molecule has 0 amide bonds. The minimum Gasteiger partial charge on any atom is -0.392 e. The van der Waals surface area contributed by atoms with E-state index in [1.807, 2.05) is 12.1 Å². The van der Waals surface area contributed by atoms with Crippen LogP contribution in [0.2, 0.25) is 0 Å². The van der Waals surface area contributed by atoms with Crippen LogP contribution in [0.15, 0.2) is 18.2 Å². The summed E-state index contributed by atoms with van der Waals surface area (Å²) in [7, 11) is 1.64. The molecule has 0 saturated heterocycles. The van der Waals surface area contributed by atoms with Crippen LogP contribution in [0, 0.1) is 0 Å². The highest BCUT2D eigenvalue weighted by Crippen LogP contribution is 2.15. The number of ether oxygens (including phenoxy) is 3. The first-order valence-electron chi connectivity index (χ1n) is 7.03. The number of hydrogen-bond acceptors (Lipinski definition) is 6. The molecule has 0 aliphatic rings. The Kier molecular flexibility index (Phi) is 9.77. The molecule has 0 aliphatic heterocycles. The van der Waals surface area contributed by atoms with E-state index in [1.165, 1.54) is 0 Å². The summed E-state index contributed by atoms with van der Waals surface area (Å²) in [5, 5.41) is 21.5. The van der Waals surface area contributed by atoms with Crippen LogP contribution in [0.4, 0.5) is 5.69 Å². The Balaban J connectivity index is 2.15. The predicted molar refractivity (Wildman–Crippen MR) is 80.3 cm³/mol. The first-order chi connectivity index (χ1) is 10.3. The van der Waals surface area contributed by atoms with E-state index in [-0.39, 0.29) is 13.2 Å². The van der Waals surface area contributed by atoms with Gasteiger partial charge in [-0.15, -0.1) is 0 Å². The Hall–Kier alpha value is -1.18. The third-order valence-electron chi connectivity index (χ3n) is 2.80. The van der Waals surface area contributed by atoms with Crippen LogP contribution in [0.5, 0.6) is 0 Å². The molecule has 6 nitrogen and oxygen atoms in total. The van der Waals surface area contributed by atoms with Crippen LogP contribution < -0.4 is 5.32 Å². The van der Waals surface area contributed by atoms with Crippen molar-refractivity contribution in [1.82, 2.24) is 0 Å². The Morgan fingerprint density at radius 3 is 2.00 bits per heavy atom. The largest absolute Gasteiger partial charge is 0.392 e. The molecule has 6 heteroatoms. The van der Waals surface area contributed by atoms with E-state index < -0.39 is 0 Å². The van der Waals surface area contributed by atoms with Gasteiger partial charge in [-0.25, -0.2) is 0 Å². The fourth-order valence-corrected chi connectivity index (χ4v) is 1.78. The van der Waals surface area contributed by atoms with E-state index in [2.05, 4.69) is 5.32 Å². The number of anilines is 1. The van der Waals surface area contributed by atoms with Crippen LogP contribution in [0.1, 0.15) is 11.1 Å². The maximum atomic E-state index is 9.16. The highest BCUT2D eigenvalue weighted by molar-refractivity contribution is 5.48. The zero-order chi connectivity index (χ0) is 15.3. The molecule has 0 fully saturated rings. The zero-order valence-electron chi connectivity index (χ0n) is 12.5. The first kappa shape index (κ1) is 17.9. The van der Waals surface area contributed by atoms with E-state index in [4.69, 9.17) is 24.4 Å². The Morgan fingerprint density at radius 1 is 0.857 bits per heavy atom. The number of rotatable bonds is 12. The van der Waals surface area contributed by atoms with Crippen molar-refractivity contribution in [1.29, 1.82) is 0 Å². The van der Waals surface area contributed by atoms with Crippen LogP contribution in [-0.2, 0) is 27.4 Å². The lowest BCUT2D eigenvalue weighted by Crippen LogP contribution is -2.13. The monoisotopic (exact) mass is 299 g/mol. The quantitative estimate of drug-likeness (QED) is 0.495. The van der Waals surface area contributed by atoms with Gasteiger partial charge < -0.3 is 29.7 Å². The predicted octanol–water partition coefficient (Wildman–Crippen LogP) is 0.763. The molecular weight excluding hydrogens is 274 g/mol. The van der Waals surface area contributed by atoms with Crippen LogP contribution in [0.3, 0.4) is 0 Å². The third-order valence-corrected chi connectivity index (χ3v) is 2.80. The lowest BCUT2D eigenvalue weighted by Gasteiger charge is -2.10. The van der Waals surface area contributed by atoms with Gasteiger partial charge in [0.1, 0.15) is 0 Å². The average Bonchev–Trinajstić information content (AvgIpc) is 2.52. The van der Waals surface area contributed by atoms with Crippen molar-refractivity contribution in [3.8, 4) is 0 Å². The topological polar surface area (TPSA) is 80.2 Å². The highest BCUT2D eigenvalue weighted by Gasteiger charge is 2.00. The van der Waals surface area contributed by atoms with Crippen molar-refractivity contribution in [3.63, 3.8) is 0 Å². The van der Waals surface area contributed by atoms with Gasteiger partial charge in [0.05, 0.1) is 46.2 Å². The summed E-state index contributed by atoms with van der Waals surface area (Å²) in [6.45, 7) is 3.40. The van der Waals surface area contributed by atoms with Gasteiger partial charge in [-0.2, -0.15) is 0 Å². The fourth-order valence-electron chi connectivity index (χ4n) is 1.78. The van der Waals surface area contributed by atoms with Crippen LogP contribution in [0.25, 0.3) is 0 Å². The number of hydrogen-bond donors (Lipinski definition) is 3. The molecule has 3 N–H and O–H groups in total. The van der Waals surface area contributed by atoms with Crippen molar-refractivity contribution >= 4 is 5.69 Å². The van der Waals surface area contributed by atoms with Gasteiger partial charge in [-0.05, 0) is 23.3 Å². The molecule has 0 radical (unpaired) electrons. The second-order valence-electron chi connectivity index (χ2n) is 4.50. The van der Waals surface area contributed by atoms with E-state index in [0.29, 0.717) is 39.6 Å². The summed E-state index contributed by atoms with van der Waals surface area (Å²) >= 11 is 0. The standard InChI is InChI=1S/C15H25NO5/c1-19-4-5-21-7-6-20-3-2-16-15-9-13(11-17)8-14(10-15)12-18/h8-10,16-18H,2-7,11-12H2,1H3. The smallest absolute Gasteiger partial charge is 0.0701 e. The van der Waals surface area contributed by atoms with Gasteiger partial charge in [-0.1, -0.05) is 6.07 Å². The van der Waals surface area contributed by atoms with E-state index in [9.17, 15) is 0 Å². The van der Waals surface area contributed by atoms with Crippen molar-refractivity contribution in [2.24, 2.45) is 0 Å². The number of aliphatic hydroxyl groups is 2. The minimum absolute atomic E-state index is 0.0438. The van der Waals surface area contributed by atoms with Gasteiger partial charge in [0.25, 0.3) is 0 Å². The molecule has 21 heavy (non-hydrogen) atoms. The summed E-state index contributed by atoms with van der Waals surface area (Å²) in [6.07, 6.45) is 0. The molecule has 1 aromatic carbocycles. The second-order valence-corrected chi connectivity index (χ2v) is 4.50. The number of aliphatic hydroxyl groups excluding tert-OH is 2. The van der Waals surface area contributed by atoms with E-state index in [0.717, 1.165) is 16.8 Å². The van der Waals surface area contributed by atoms with Gasteiger partial charge >= 0.3 is 0 Å². The summed E-state index contributed by atoms with van der Waals surface area (Å²) < 4.78 is 15.6. The van der Waals surface area contributed by atoms with Crippen molar-refractivity contribution in [2.45, 2.75) is 13.2 Å². The third kappa shape index (κ3) is 7.99. The summed E-state index contributed by atoms with van der Waals surface area (Å²) in [5.74, 6) is 0. The molecule has 0 atom stereocenters. The molecule has 0 unspecified atom stereocenters. The molecule has 120 valence electrons. The molecule has 1 rings (SSSR count). The van der Waals surface area contributed by atoms with E-state index in [1.54, 1.807) is 13.2 Å². The molecule has 0 saturated carbocycles. The molecule has 0 spiro atoms. The normalized spacial score (nSPS) is 10.8. The maximum absolute atomic E-state index is 9.16.